The van der Waals surface area contributed by atoms with E-state index in [2.05, 4.69) is 51.1 Å². The molecular weight excluding hydrogens is 520 g/mol. The van der Waals surface area contributed by atoms with Crippen molar-refractivity contribution in [1.29, 1.82) is 0 Å². The monoisotopic (exact) mass is 560 g/mol. The van der Waals surface area contributed by atoms with Crippen molar-refractivity contribution in [3.05, 3.63) is 145 Å². The molecule has 0 amide bonds. The van der Waals surface area contributed by atoms with Crippen LogP contribution >= 0.6 is 0 Å². The highest BCUT2D eigenvalue weighted by atomic mass is 16.3. The van der Waals surface area contributed by atoms with Crippen LogP contribution in [0.3, 0.4) is 0 Å². The van der Waals surface area contributed by atoms with Gasteiger partial charge in [0.1, 0.15) is 11.2 Å². The zero-order valence-electron chi connectivity index (χ0n) is 32.1. The quantitative estimate of drug-likeness (QED) is 0.196. The largest absolute Gasteiger partial charge is 0.456 e. The molecule has 0 bridgehead atoms. The minimum Gasteiger partial charge on any atom is -0.456 e. The van der Waals surface area contributed by atoms with Crippen LogP contribution in [0.5, 0.6) is 0 Å². The lowest BCUT2D eigenvalue weighted by Gasteiger charge is -2.20. The lowest BCUT2D eigenvalue weighted by molar-refractivity contribution is 0.590. The van der Waals surface area contributed by atoms with Gasteiger partial charge in [0.15, 0.2) is 0 Å². The standard InChI is InChI=1S/C42H32O/c1-42(2,3)30-16-11-15-28(25-30)31-21-12-22-38-41(31)36-26-29(23-24-37(36)43-38)40-34-19-9-7-17-32(34)39(27-13-5-4-6-14-27)33-18-8-10-20-35(33)40/h4-26H,1-3H3/i7D,8D,9D,10D,17D,18D,19D,20D. The van der Waals surface area contributed by atoms with Crippen molar-refractivity contribution < 1.29 is 15.4 Å². The van der Waals surface area contributed by atoms with Gasteiger partial charge < -0.3 is 4.42 Å². The molecule has 0 spiro atoms. The van der Waals surface area contributed by atoms with Crippen LogP contribution in [-0.2, 0) is 5.41 Å². The molecule has 1 nitrogen and oxygen atoms in total. The molecule has 8 aromatic rings. The first kappa shape index (κ1) is 18.4. The fourth-order valence-corrected chi connectivity index (χ4v) is 6.18. The van der Waals surface area contributed by atoms with Crippen molar-refractivity contribution in [3.8, 4) is 33.4 Å². The Bertz CT molecular complexity index is 2680. The first-order valence-electron chi connectivity index (χ1n) is 18.4. The van der Waals surface area contributed by atoms with Crippen LogP contribution < -0.4 is 0 Å². The van der Waals surface area contributed by atoms with Gasteiger partial charge in [-0.1, -0.05) is 142 Å². The maximum atomic E-state index is 9.25. The second kappa shape index (κ2) is 9.71. The molecular formula is C42H32O. The van der Waals surface area contributed by atoms with E-state index < -0.39 is 24.2 Å². The fraction of sp³-hybridized carbons (Fsp3) is 0.0952. The van der Waals surface area contributed by atoms with Crippen molar-refractivity contribution in [3.63, 3.8) is 0 Å². The summed E-state index contributed by atoms with van der Waals surface area (Å²) in [7, 11) is 0. The molecule has 1 heteroatoms. The Balaban J connectivity index is 1.57. The summed E-state index contributed by atoms with van der Waals surface area (Å²) in [6.45, 7) is 6.52. The summed E-state index contributed by atoms with van der Waals surface area (Å²) in [6, 6.07) is 26.0. The molecule has 1 aromatic heterocycles. The van der Waals surface area contributed by atoms with Crippen LogP contribution in [0, 0.1) is 0 Å². The SMILES string of the molecule is [2H]c1c([2H])c([2H])c2c(-c3ccc4oc5cccc(-c6cccc(C(C)(C)C)c6)c5c4c3)c3c([2H])c([2H])c([2H])c([2H])c3c(-c3ccccc3)c2c1[2H]. The summed E-state index contributed by atoms with van der Waals surface area (Å²) >= 11 is 0. The van der Waals surface area contributed by atoms with E-state index >= 15 is 0 Å². The molecule has 0 N–H and O–H groups in total. The van der Waals surface area contributed by atoms with E-state index in [1.165, 1.54) is 5.56 Å². The first-order valence-corrected chi connectivity index (χ1v) is 14.4. The van der Waals surface area contributed by atoms with Gasteiger partial charge in [0.05, 0.1) is 11.0 Å². The summed E-state index contributed by atoms with van der Waals surface area (Å²) in [5.74, 6) is 0. The molecule has 0 atom stereocenters. The number of benzene rings is 7. The number of hydrogen-bond acceptors (Lipinski definition) is 1. The third-order valence-electron chi connectivity index (χ3n) is 8.26. The van der Waals surface area contributed by atoms with Gasteiger partial charge >= 0.3 is 0 Å². The molecule has 0 unspecified atom stereocenters. The Labute approximate surface area is 263 Å². The highest BCUT2D eigenvalue weighted by molar-refractivity contribution is 6.22. The Morgan fingerprint density at radius 2 is 1.12 bits per heavy atom. The smallest absolute Gasteiger partial charge is 0.136 e. The van der Waals surface area contributed by atoms with Crippen LogP contribution in [0.4, 0.5) is 0 Å². The van der Waals surface area contributed by atoms with Gasteiger partial charge in [-0.15, -0.1) is 0 Å². The predicted octanol–water partition coefficient (Wildman–Crippen LogP) is 12.2. The van der Waals surface area contributed by atoms with E-state index in [0.29, 0.717) is 33.4 Å². The summed E-state index contributed by atoms with van der Waals surface area (Å²) in [6.07, 6.45) is 0. The normalized spacial score (nSPS) is 14.7. The highest BCUT2D eigenvalue weighted by Gasteiger charge is 2.20. The lowest BCUT2D eigenvalue weighted by atomic mass is 9.84. The van der Waals surface area contributed by atoms with Crippen LogP contribution in [0.2, 0.25) is 0 Å². The molecule has 8 rings (SSSR count). The maximum Gasteiger partial charge on any atom is 0.136 e. The predicted molar refractivity (Wildman–Crippen MR) is 184 cm³/mol. The number of rotatable bonds is 3. The molecule has 1 heterocycles. The third-order valence-corrected chi connectivity index (χ3v) is 8.26. The van der Waals surface area contributed by atoms with Gasteiger partial charge in [-0.3, -0.25) is 0 Å². The number of furan rings is 1. The second-order valence-electron chi connectivity index (χ2n) is 11.9. The molecule has 206 valence electrons. The Kier molecular flexibility index (Phi) is 4.16. The van der Waals surface area contributed by atoms with E-state index in [4.69, 9.17) is 9.90 Å². The van der Waals surface area contributed by atoms with Crippen LogP contribution in [-0.4, -0.2) is 0 Å². The molecule has 0 fully saturated rings. The fourth-order valence-electron chi connectivity index (χ4n) is 6.18. The Morgan fingerprint density at radius 1 is 0.512 bits per heavy atom. The molecule has 7 aromatic carbocycles. The summed E-state index contributed by atoms with van der Waals surface area (Å²) in [5, 5.41) is 2.39. The average Bonchev–Trinajstić information content (AvgIpc) is 3.51. The molecule has 0 saturated heterocycles. The summed E-state index contributed by atoms with van der Waals surface area (Å²) in [4.78, 5) is 0. The van der Waals surface area contributed by atoms with Gasteiger partial charge in [-0.2, -0.15) is 0 Å². The van der Waals surface area contributed by atoms with Gasteiger partial charge in [0, 0.05) is 10.8 Å². The van der Waals surface area contributed by atoms with E-state index in [9.17, 15) is 5.48 Å². The van der Waals surface area contributed by atoms with Gasteiger partial charge in [0.25, 0.3) is 0 Å². The highest BCUT2D eigenvalue weighted by Crippen LogP contribution is 2.45. The maximum absolute atomic E-state index is 9.25. The molecule has 43 heavy (non-hydrogen) atoms. The van der Waals surface area contributed by atoms with Crippen molar-refractivity contribution >= 4 is 43.5 Å². The summed E-state index contributed by atoms with van der Waals surface area (Å²) in [5.41, 5.74) is 6.15. The van der Waals surface area contributed by atoms with E-state index in [1.54, 1.807) is 30.3 Å². The molecule has 0 aliphatic heterocycles. The molecule has 0 radical (unpaired) electrons. The van der Waals surface area contributed by atoms with Crippen LogP contribution in [0.1, 0.15) is 37.3 Å². The number of fused-ring (bicyclic) bond motifs is 5. The average molecular weight is 561 g/mol. The second-order valence-corrected chi connectivity index (χ2v) is 11.9. The molecule has 0 saturated carbocycles. The van der Waals surface area contributed by atoms with E-state index in [-0.39, 0.29) is 51.1 Å². The van der Waals surface area contributed by atoms with Gasteiger partial charge in [-0.25, -0.2) is 0 Å². The topological polar surface area (TPSA) is 13.1 Å². The van der Waals surface area contributed by atoms with Gasteiger partial charge in [0.2, 0.25) is 0 Å². The zero-order chi connectivity index (χ0) is 36.1. The Hall–Kier alpha value is -5.14. The van der Waals surface area contributed by atoms with Gasteiger partial charge in [-0.05, 0) is 84.1 Å². The molecule has 0 aliphatic carbocycles. The Morgan fingerprint density at radius 3 is 1.77 bits per heavy atom. The van der Waals surface area contributed by atoms with Crippen LogP contribution in [0.15, 0.2) is 144 Å². The third kappa shape index (κ3) is 4.15. The minimum atomic E-state index is -0.427. The zero-order valence-corrected chi connectivity index (χ0v) is 24.1. The summed E-state index contributed by atoms with van der Waals surface area (Å²) < 4.78 is 78.0. The van der Waals surface area contributed by atoms with Crippen molar-refractivity contribution in [2.45, 2.75) is 26.2 Å². The first-order chi connectivity index (χ1) is 24.3. The van der Waals surface area contributed by atoms with E-state index in [1.807, 2.05) is 30.3 Å². The van der Waals surface area contributed by atoms with Crippen molar-refractivity contribution in [2.24, 2.45) is 0 Å². The van der Waals surface area contributed by atoms with Crippen molar-refractivity contribution in [1.82, 2.24) is 0 Å². The lowest BCUT2D eigenvalue weighted by Crippen LogP contribution is -2.10. The molecule has 0 aliphatic rings. The van der Waals surface area contributed by atoms with Crippen LogP contribution in [0.25, 0.3) is 76.9 Å². The van der Waals surface area contributed by atoms with Crippen molar-refractivity contribution in [2.75, 3.05) is 0 Å². The minimum absolute atomic E-state index is 0.0653. The van der Waals surface area contributed by atoms with E-state index in [0.717, 1.165) is 21.9 Å². The number of hydrogen-bond donors (Lipinski definition) is 0.